The molecule has 0 amide bonds. The molecule has 6 nitrogen and oxygen atoms in total. The second-order valence-corrected chi connectivity index (χ2v) is 5.78. The minimum absolute atomic E-state index is 0.251. The van der Waals surface area contributed by atoms with Gasteiger partial charge in [0.1, 0.15) is 0 Å². The van der Waals surface area contributed by atoms with Gasteiger partial charge in [0.25, 0.3) is 0 Å². The summed E-state index contributed by atoms with van der Waals surface area (Å²) >= 11 is 0. The average molecular weight is 314 g/mol. The molecule has 2 fully saturated rings. The van der Waals surface area contributed by atoms with E-state index in [0.29, 0.717) is 38.9 Å². The zero-order chi connectivity index (χ0) is 15.6. The summed E-state index contributed by atoms with van der Waals surface area (Å²) in [6.45, 7) is 1.32. The van der Waals surface area contributed by atoms with Crippen LogP contribution in [0, 0.1) is 0 Å². The smallest absolute Gasteiger partial charge is 0.308 e. The lowest BCUT2D eigenvalue weighted by atomic mass is 10.2. The predicted octanol–water partition coefficient (Wildman–Crippen LogP) is 2.69. The van der Waals surface area contributed by atoms with Gasteiger partial charge in [0.15, 0.2) is 0 Å². The van der Waals surface area contributed by atoms with Gasteiger partial charge in [-0.05, 0) is 32.1 Å². The van der Waals surface area contributed by atoms with Crippen LogP contribution in [0.1, 0.15) is 64.2 Å². The molecule has 2 rings (SSSR count). The van der Waals surface area contributed by atoms with E-state index >= 15 is 0 Å². The van der Waals surface area contributed by atoms with Crippen LogP contribution in [0.15, 0.2) is 0 Å². The Morgan fingerprint density at radius 3 is 1.86 bits per heavy atom. The van der Waals surface area contributed by atoms with E-state index in [1.807, 2.05) is 0 Å². The van der Waals surface area contributed by atoms with Gasteiger partial charge >= 0.3 is 11.9 Å². The fourth-order valence-electron chi connectivity index (χ4n) is 2.57. The van der Waals surface area contributed by atoms with Crippen molar-refractivity contribution in [3.8, 4) is 0 Å². The molecular weight excluding hydrogens is 288 g/mol. The summed E-state index contributed by atoms with van der Waals surface area (Å²) < 4.78 is 21.1. The lowest BCUT2D eigenvalue weighted by Gasteiger charge is -2.15. The first kappa shape index (κ1) is 17.2. The second kappa shape index (κ2) is 9.79. The first-order valence-electron chi connectivity index (χ1n) is 8.36. The summed E-state index contributed by atoms with van der Waals surface area (Å²) in [5.41, 5.74) is 0. The molecule has 2 unspecified atom stereocenters. The number of ether oxygens (including phenoxy) is 4. The monoisotopic (exact) mass is 314 g/mol. The molecule has 0 saturated carbocycles. The van der Waals surface area contributed by atoms with Gasteiger partial charge in [-0.15, -0.1) is 0 Å². The van der Waals surface area contributed by atoms with Crippen LogP contribution in [0.3, 0.4) is 0 Å². The first-order valence-corrected chi connectivity index (χ1v) is 8.36. The molecule has 2 aliphatic heterocycles. The molecule has 0 aromatic heterocycles. The number of carbonyl (C=O) groups is 2. The molecular formula is C16H26O6. The normalized spacial score (nSPS) is 25.5. The van der Waals surface area contributed by atoms with Crippen molar-refractivity contribution < 1.29 is 28.5 Å². The SMILES string of the molecule is O=C(CCCCC(=O)OC1CCCO1)OC1CCCCCO1. The van der Waals surface area contributed by atoms with Gasteiger partial charge in [-0.1, -0.05) is 6.42 Å². The van der Waals surface area contributed by atoms with Crippen molar-refractivity contribution >= 4 is 11.9 Å². The maximum atomic E-state index is 11.7. The Labute approximate surface area is 131 Å². The van der Waals surface area contributed by atoms with Crippen molar-refractivity contribution in [1.29, 1.82) is 0 Å². The molecule has 126 valence electrons. The van der Waals surface area contributed by atoms with Crippen LogP contribution in [0.2, 0.25) is 0 Å². The molecule has 2 saturated heterocycles. The van der Waals surface area contributed by atoms with Crippen LogP contribution in [0.4, 0.5) is 0 Å². The minimum atomic E-state index is -0.389. The van der Waals surface area contributed by atoms with Crippen molar-refractivity contribution in [2.45, 2.75) is 76.8 Å². The Hall–Kier alpha value is -1.14. The topological polar surface area (TPSA) is 71.1 Å². The quantitative estimate of drug-likeness (QED) is 0.531. The number of rotatable bonds is 7. The van der Waals surface area contributed by atoms with Gasteiger partial charge in [-0.2, -0.15) is 0 Å². The summed E-state index contributed by atoms with van der Waals surface area (Å²) in [5.74, 6) is -0.508. The molecule has 2 aliphatic rings. The van der Waals surface area contributed by atoms with E-state index < -0.39 is 0 Å². The van der Waals surface area contributed by atoms with E-state index in [9.17, 15) is 9.59 Å². The third-order valence-electron chi connectivity index (χ3n) is 3.81. The zero-order valence-electron chi connectivity index (χ0n) is 13.1. The molecule has 0 aromatic rings. The highest BCUT2D eigenvalue weighted by Crippen LogP contribution is 2.16. The van der Waals surface area contributed by atoms with Crippen LogP contribution >= 0.6 is 0 Å². The Kier molecular flexibility index (Phi) is 7.66. The van der Waals surface area contributed by atoms with E-state index in [4.69, 9.17) is 18.9 Å². The minimum Gasteiger partial charge on any atom is -0.436 e. The van der Waals surface area contributed by atoms with Crippen LogP contribution in [-0.2, 0) is 28.5 Å². The number of carbonyl (C=O) groups excluding carboxylic acids is 2. The third kappa shape index (κ3) is 6.75. The van der Waals surface area contributed by atoms with Crippen molar-refractivity contribution in [3.63, 3.8) is 0 Å². The molecule has 0 N–H and O–H groups in total. The summed E-state index contributed by atoms with van der Waals surface area (Å²) in [4.78, 5) is 23.3. The van der Waals surface area contributed by atoms with E-state index in [2.05, 4.69) is 0 Å². The molecule has 6 heteroatoms. The van der Waals surface area contributed by atoms with E-state index in [1.54, 1.807) is 0 Å². The Morgan fingerprint density at radius 2 is 1.32 bits per heavy atom. The lowest BCUT2D eigenvalue weighted by Crippen LogP contribution is -2.20. The molecule has 0 aliphatic carbocycles. The predicted molar refractivity (Wildman–Crippen MR) is 77.8 cm³/mol. The molecule has 0 spiro atoms. The van der Waals surface area contributed by atoms with Crippen LogP contribution in [0.25, 0.3) is 0 Å². The molecule has 22 heavy (non-hydrogen) atoms. The van der Waals surface area contributed by atoms with Gasteiger partial charge < -0.3 is 18.9 Å². The summed E-state index contributed by atoms with van der Waals surface area (Å²) in [6.07, 6.45) is 6.78. The van der Waals surface area contributed by atoms with E-state index in [1.165, 1.54) is 0 Å². The van der Waals surface area contributed by atoms with Crippen LogP contribution in [-0.4, -0.2) is 37.7 Å². The van der Waals surface area contributed by atoms with Gasteiger partial charge in [0, 0.05) is 25.7 Å². The number of hydrogen-bond donors (Lipinski definition) is 0. The standard InChI is InChI=1S/C16H26O6/c17-13(21-15-9-2-1-5-11-19-15)7-3-4-8-14(18)22-16-10-6-12-20-16/h15-16H,1-12H2. The van der Waals surface area contributed by atoms with Gasteiger partial charge in [-0.3, -0.25) is 9.59 Å². The zero-order valence-corrected chi connectivity index (χ0v) is 13.1. The Bertz CT molecular complexity index is 343. The Morgan fingerprint density at radius 1 is 0.773 bits per heavy atom. The van der Waals surface area contributed by atoms with Gasteiger partial charge in [-0.25, -0.2) is 0 Å². The highest BCUT2D eigenvalue weighted by atomic mass is 16.7. The van der Waals surface area contributed by atoms with E-state index in [0.717, 1.165) is 38.5 Å². The number of esters is 2. The molecule has 0 aromatic carbocycles. The largest absolute Gasteiger partial charge is 0.436 e. The first-order chi connectivity index (χ1) is 10.7. The molecule has 0 radical (unpaired) electrons. The van der Waals surface area contributed by atoms with Crippen LogP contribution in [0.5, 0.6) is 0 Å². The van der Waals surface area contributed by atoms with E-state index in [-0.39, 0.29) is 24.5 Å². The van der Waals surface area contributed by atoms with Crippen molar-refractivity contribution in [1.82, 2.24) is 0 Å². The van der Waals surface area contributed by atoms with Crippen molar-refractivity contribution in [3.05, 3.63) is 0 Å². The van der Waals surface area contributed by atoms with Crippen molar-refractivity contribution in [2.75, 3.05) is 13.2 Å². The summed E-state index contributed by atoms with van der Waals surface area (Å²) in [5, 5.41) is 0. The molecule has 2 heterocycles. The maximum Gasteiger partial charge on any atom is 0.308 e. The van der Waals surface area contributed by atoms with Crippen molar-refractivity contribution in [2.24, 2.45) is 0 Å². The highest BCUT2D eigenvalue weighted by Gasteiger charge is 2.20. The maximum absolute atomic E-state index is 11.7. The highest BCUT2D eigenvalue weighted by molar-refractivity contribution is 5.70. The lowest BCUT2D eigenvalue weighted by molar-refractivity contribution is -0.179. The summed E-state index contributed by atoms with van der Waals surface area (Å²) in [7, 11) is 0. The molecule has 0 bridgehead atoms. The third-order valence-corrected chi connectivity index (χ3v) is 3.81. The number of unbranched alkanes of at least 4 members (excludes halogenated alkanes) is 1. The van der Waals surface area contributed by atoms with Crippen LogP contribution < -0.4 is 0 Å². The molecule has 2 atom stereocenters. The van der Waals surface area contributed by atoms with Gasteiger partial charge in [0.2, 0.25) is 12.6 Å². The Balaban J connectivity index is 1.50. The fraction of sp³-hybridized carbons (Fsp3) is 0.875. The second-order valence-electron chi connectivity index (χ2n) is 5.78. The average Bonchev–Trinajstić information content (AvgIpc) is 2.86. The van der Waals surface area contributed by atoms with Gasteiger partial charge in [0.05, 0.1) is 13.2 Å². The number of hydrogen-bond acceptors (Lipinski definition) is 6. The summed E-state index contributed by atoms with van der Waals surface area (Å²) in [6, 6.07) is 0. The fourth-order valence-corrected chi connectivity index (χ4v) is 2.57.